The van der Waals surface area contributed by atoms with Gasteiger partial charge in [-0.1, -0.05) is 12.1 Å². The molecule has 17 heavy (non-hydrogen) atoms. The molecule has 0 aliphatic heterocycles. The third-order valence-corrected chi connectivity index (χ3v) is 2.64. The summed E-state index contributed by atoms with van der Waals surface area (Å²) in [6.07, 6.45) is 0.496. The van der Waals surface area contributed by atoms with Crippen molar-refractivity contribution in [3.63, 3.8) is 0 Å². The first-order valence-electron chi connectivity index (χ1n) is 6.05. The van der Waals surface area contributed by atoms with Crippen molar-refractivity contribution < 1.29 is 4.79 Å². The number of nitrogens with one attached hydrogen (secondary N) is 1. The average molecular weight is 235 g/mol. The van der Waals surface area contributed by atoms with Gasteiger partial charge in [-0.25, -0.2) is 0 Å². The van der Waals surface area contributed by atoms with Gasteiger partial charge < -0.3 is 16.0 Å². The van der Waals surface area contributed by atoms with Crippen LogP contribution in [0, 0.1) is 0 Å². The number of carbonyl (C=O) groups excluding carboxylic acids is 1. The molecular weight excluding hydrogens is 214 g/mol. The van der Waals surface area contributed by atoms with Crippen molar-refractivity contribution in [2.24, 2.45) is 0 Å². The van der Waals surface area contributed by atoms with Gasteiger partial charge in [-0.3, -0.25) is 4.79 Å². The number of para-hydroxylation sites is 2. The van der Waals surface area contributed by atoms with Crippen molar-refractivity contribution in [1.82, 2.24) is 5.32 Å². The molecule has 0 atom stereocenters. The third kappa shape index (κ3) is 3.98. The highest BCUT2D eigenvalue weighted by Gasteiger charge is 2.09. The Bertz CT molecular complexity index is 365. The second-order valence-electron chi connectivity index (χ2n) is 3.84. The van der Waals surface area contributed by atoms with E-state index in [1.54, 1.807) is 0 Å². The van der Waals surface area contributed by atoms with E-state index in [0.717, 1.165) is 17.9 Å². The van der Waals surface area contributed by atoms with Crippen LogP contribution in [0.15, 0.2) is 24.3 Å². The highest BCUT2D eigenvalue weighted by Crippen LogP contribution is 2.22. The Morgan fingerprint density at radius 3 is 2.65 bits per heavy atom. The van der Waals surface area contributed by atoms with Crippen LogP contribution < -0.4 is 16.0 Å². The molecular formula is C13H21N3O. The fourth-order valence-electron chi connectivity index (χ4n) is 1.75. The van der Waals surface area contributed by atoms with E-state index in [1.165, 1.54) is 0 Å². The molecule has 0 bridgehead atoms. The van der Waals surface area contributed by atoms with Crippen LogP contribution in [0.3, 0.4) is 0 Å². The van der Waals surface area contributed by atoms with E-state index in [2.05, 4.69) is 17.1 Å². The van der Waals surface area contributed by atoms with Gasteiger partial charge in [-0.15, -0.1) is 0 Å². The van der Waals surface area contributed by atoms with Gasteiger partial charge in [-0.05, 0) is 26.0 Å². The Morgan fingerprint density at radius 2 is 2.06 bits per heavy atom. The van der Waals surface area contributed by atoms with E-state index >= 15 is 0 Å². The standard InChI is InChI=1S/C13H21N3O/c1-3-15-13(17)9-10-16(4-2)12-8-6-5-7-11(12)14/h5-8H,3-4,9-10,14H2,1-2H3,(H,15,17). The molecule has 0 unspecified atom stereocenters. The summed E-state index contributed by atoms with van der Waals surface area (Å²) < 4.78 is 0. The lowest BCUT2D eigenvalue weighted by molar-refractivity contribution is -0.120. The quantitative estimate of drug-likeness (QED) is 0.737. The maximum atomic E-state index is 11.4. The Balaban J connectivity index is 2.60. The lowest BCUT2D eigenvalue weighted by atomic mass is 10.2. The van der Waals surface area contributed by atoms with E-state index in [4.69, 9.17) is 5.73 Å². The minimum Gasteiger partial charge on any atom is -0.397 e. The topological polar surface area (TPSA) is 58.4 Å². The first-order chi connectivity index (χ1) is 8.19. The fraction of sp³-hybridized carbons (Fsp3) is 0.462. The van der Waals surface area contributed by atoms with Crippen LogP contribution in [0.1, 0.15) is 20.3 Å². The summed E-state index contributed by atoms with van der Waals surface area (Å²) in [6.45, 7) is 6.19. The summed E-state index contributed by atoms with van der Waals surface area (Å²) >= 11 is 0. The van der Waals surface area contributed by atoms with Gasteiger partial charge in [0, 0.05) is 26.1 Å². The number of hydrogen-bond donors (Lipinski definition) is 2. The van der Waals surface area contributed by atoms with Crippen LogP contribution in [-0.2, 0) is 4.79 Å². The van der Waals surface area contributed by atoms with E-state index in [1.807, 2.05) is 31.2 Å². The normalized spacial score (nSPS) is 10.0. The zero-order chi connectivity index (χ0) is 12.7. The number of nitrogen functional groups attached to an aromatic ring is 1. The van der Waals surface area contributed by atoms with E-state index in [0.29, 0.717) is 19.5 Å². The number of carbonyl (C=O) groups is 1. The SMILES string of the molecule is CCNC(=O)CCN(CC)c1ccccc1N. The molecule has 0 aromatic heterocycles. The maximum Gasteiger partial charge on any atom is 0.221 e. The van der Waals surface area contributed by atoms with Crippen molar-refractivity contribution in [3.05, 3.63) is 24.3 Å². The molecule has 1 rings (SSSR count). The molecule has 4 nitrogen and oxygen atoms in total. The second-order valence-corrected chi connectivity index (χ2v) is 3.84. The van der Waals surface area contributed by atoms with Gasteiger partial charge in [-0.2, -0.15) is 0 Å². The van der Waals surface area contributed by atoms with E-state index in [-0.39, 0.29) is 5.91 Å². The molecule has 0 radical (unpaired) electrons. The lowest BCUT2D eigenvalue weighted by Gasteiger charge is -2.24. The van der Waals surface area contributed by atoms with E-state index < -0.39 is 0 Å². The summed E-state index contributed by atoms with van der Waals surface area (Å²) in [7, 11) is 0. The molecule has 4 heteroatoms. The molecule has 3 N–H and O–H groups in total. The van der Waals surface area contributed by atoms with Crippen molar-refractivity contribution in [2.75, 3.05) is 30.3 Å². The van der Waals surface area contributed by atoms with Crippen molar-refractivity contribution in [3.8, 4) is 0 Å². The van der Waals surface area contributed by atoms with Crippen molar-refractivity contribution >= 4 is 17.3 Å². The van der Waals surface area contributed by atoms with Crippen LogP contribution in [-0.4, -0.2) is 25.5 Å². The first-order valence-corrected chi connectivity index (χ1v) is 6.05. The third-order valence-electron chi connectivity index (χ3n) is 2.64. The van der Waals surface area contributed by atoms with Crippen LogP contribution in [0.5, 0.6) is 0 Å². The van der Waals surface area contributed by atoms with Gasteiger partial charge >= 0.3 is 0 Å². The highest BCUT2D eigenvalue weighted by atomic mass is 16.1. The molecule has 1 aromatic rings. The van der Waals surface area contributed by atoms with Gasteiger partial charge in [0.1, 0.15) is 0 Å². The Kier molecular flexibility index (Phi) is 5.33. The molecule has 0 aliphatic carbocycles. The molecule has 0 heterocycles. The molecule has 0 spiro atoms. The van der Waals surface area contributed by atoms with Crippen molar-refractivity contribution in [2.45, 2.75) is 20.3 Å². The first kappa shape index (κ1) is 13.4. The summed E-state index contributed by atoms with van der Waals surface area (Å²) in [5.41, 5.74) is 7.67. The number of rotatable bonds is 6. The smallest absolute Gasteiger partial charge is 0.221 e. The number of anilines is 2. The van der Waals surface area contributed by atoms with Crippen LogP contribution in [0.4, 0.5) is 11.4 Å². The van der Waals surface area contributed by atoms with Gasteiger partial charge in [0.05, 0.1) is 11.4 Å². The van der Waals surface area contributed by atoms with Gasteiger partial charge in [0.2, 0.25) is 5.91 Å². The van der Waals surface area contributed by atoms with E-state index in [9.17, 15) is 4.79 Å². The van der Waals surface area contributed by atoms with Crippen LogP contribution in [0.25, 0.3) is 0 Å². The number of hydrogen-bond acceptors (Lipinski definition) is 3. The summed E-state index contributed by atoms with van der Waals surface area (Å²) in [5.74, 6) is 0.0838. The fourth-order valence-corrected chi connectivity index (χ4v) is 1.75. The average Bonchev–Trinajstić information content (AvgIpc) is 2.32. The van der Waals surface area contributed by atoms with Gasteiger partial charge in [0.25, 0.3) is 0 Å². The Labute approximate surface area is 103 Å². The van der Waals surface area contributed by atoms with Crippen LogP contribution >= 0.6 is 0 Å². The molecule has 0 aliphatic rings. The maximum absolute atomic E-state index is 11.4. The van der Waals surface area contributed by atoms with Crippen LogP contribution in [0.2, 0.25) is 0 Å². The molecule has 0 saturated carbocycles. The predicted molar refractivity (Wildman–Crippen MR) is 72.0 cm³/mol. The second kappa shape index (κ2) is 6.78. The monoisotopic (exact) mass is 235 g/mol. The molecule has 0 fully saturated rings. The largest absolute Gasteiger partial charge is 0.397 e. The Morgan fingerprint density at radius 1 is 1.35 bits per heavy atom. The number of nitrogens with two attached hydrogens (primary N) is 1. The lowest BCUT2D eigenvalue weighted by Crippen LogP contribution is -2.31. The molecule has 0 saturated heterocycles. The minimum absolute atomic E-state index is 0.0838. The van der Waals surface area contributed by atoms with Gasteiger partial charge in [0.15, 0.2) is 0 Å². The van der Waals surface area contributed by atoms with Crippen molar-refractivity contribution in [1.29, 1.82) is 0 Å². The number of nitrogens with zero attached hydrogens (tertiary/aromatic N) is 1. The molecule has 1 amide bonds. The zero-order valence-corrected chi connectivity index (χ0v) is 10.6. The molecule has 1 aromatic carbocycles. The molecule has 94 valence electrons. The zero-order valence-electron chi connectivity index (χ0n) is 10.6. The Hall–Kier alpha value is -1.71. The highest BCUT2D eigenvalue weighted by molar-refractivity contribution is 5.77. The predicted octanol–water partition coefficient (Wildman–Crippen LogP) is 1.62. The summed E-state index contributed by atoms with van der Waals surface area (Å²) in [4.78, 5) is 13.5. The summed E-state index contributed by atoms with van der Waals surface area (Å²) in [6, 6.07) is 7.73. The number of benzene rings is 1. The summed E-state index contributed by atoms with van der Waals surface area (Å²) in [5, 5.41) is 2.79. The minimum atomic E-state index is 0.0838. The number of amides is 1.